The highest BCUT2D eigenvalue weighted by molar-refractivity contribution is 7.12. The van der Waals surface area contributed by atoms with Crippen LogP contribution in [-0.2, 0) is 11.3 Å². The first kappa shape index (κ1) is 15.5. The number of rotatable bonds is 4. The van der Waals surface area contributed by atoms with Gasteiger partial charge in [-0.25, -0.2) is 14.8 Å². The fraction of sp³-hybridized carbons (Fsp3) is 0.176. The number of hydrogen-bond donors (Lipinski definition) is 0. The fourth-order valence-corrected chi connectivity index (χ4v) is 3.48. The Morgan fingerprint density at radius 2 is 2.24 bits per heavy atom. The molecule has 7 nitrogen and oxygen atoms in total. The van der Waals surface area contributed by atoms with Crippen molar-refractivity contribution in [2.24, 2.45) is 5.10 Å². The van der Waals surface area contributed by atoms with E-state index in [0.717, 1.165) is 10.6 Å². The predicted octanol–water partition coefficient (Wildman–Crippen LogP) is 2.28. The quantitative estimate of drug-likeness (QED) is 0.720. The summed E-state index contributed by atoms with van der Waals surface area (Å²) in [5.41, 5.74) is 0.371. The van der Waals surface area contributed by atoms with Crippen LogP contribution in [0.1, 0.15) is 23.1 Å². The number of carbonyl (C=O) groups is 1. The molecule has 8 heteroatoms. The van der Waals surface area contributed by atoms with Crippen LogP contribution in [0.3, 0.4) is 0 Å². The zero-order valence-corrected chi connectivity index (χ0v) is 13.9. The second kappa shape index (κ2) is 6.48. The zero-order valence-electron chi connectivity index (χ0n) is 13.1. The minimum absolute atomic E-state index is 0.120. The van der Waals surface area contributed by atoms with Gasteiger partial charge in [-0.3, -0.25) is 9.36 Å². The summed E-state index contributed by atoms with van der Waals surface area (Å²) in [6.07, 6.45) is 5.08. The van der Waals surface area contributed by atoms with Crippen molar-refractivity contribution in [3.63, 3.8) is 0 Å². The van der Waals surface area contributed by atoms with Gasteiger partial charge in [-0.1, -0.05) is 6.07 Å². The van der Waals surface area contributed by atoms with Crippen molar-refractivity contribution >= 4 is 23.0 Å². The zero-order chi connectivity index (χ0) is 17.2. The molecule has 0 saturated carbocycles. The Morgan fingerprint density at radius 1 is 1.32 bits per heavy atom. The third-order valence-corrected chi connectivity index (χ3v) is 4.85. The average Bonchev–Trinajstić information content (AvgIpc) is 3.36. The maximum atomic E-state index is 12.8. The summed E-state index contributed by atoms with van der Waals surface area (Å²) >= 11 is 1.58. The maximum absolute atomic E-state index is 12.8. The lowest BCUT2D eigenvalue weighted by atomic mass is 10.1. The van der Waals surface area contributed by atoms with Crippen LogP contribution < -0.4 is 5.69 Å². The lowest BCUT2D eigenvalue weighted by Crippen LogP contribution is -2.34. The number of thiophene rings is 1. The first-order valence-electron chi connectivity index (χ1n) is 7.70. The Hall–Kier alpha value is -3.00. The minimum atomic E-state index is -0.466. The lowest BCUT2D eigenvalue weighted by molar-refractivity contribution is -0.134. The molecule has 3 aromatic heterocycles. The summed E-state index contributed by atoms with van der Waals surface area (Å²) in [4.78, 5) is 29.2. The number of aromatic nitrogens is 2. The Morgan fingerprint density at radius 3 is 2.96 bits per heavy atom. The summed E-state index contributed by atoms with van der Waals surface area (Å²) in [6, 6.07) is 8.84. The van der Waals surface area contributed by atoms with Crippen molar-refractivity contribution in [2.75, 3.05) is 0 Å². The van der Waals surface area contributed by atoms with Crippen LogP contribution >= 0.6 is 11.3 Å². The summed E-state index contributed by atoms with van der Waals surface area (Å²) in [5.74, 6) is 0.380. The number of furan rings is 1. The highest BCUT2D eigenvalue weighted by Gasteiger charge is 2.35. The van der Waals surface area contributed by atoms with Crippen molar-refractivity contribution in [1.29, 1.82) is 0 Å². The SMILES string of the molecule is O=C(Cn1cccnc1=O)N1N=C(c2cccs2)CC1c1ccco1. The highest BCUT2D eigenvalue weighted by atomic mass is 32.1. The molecule has 1 unspecified atom stereocenters. The molecule has 1 atom stereocenters. The second-order valence-electron chi connectivity index (χ2n) is 5.53. The van der Waals surface area contributed by atoms with E-state index in [0.29, 0.717) is 12.2 Å². The van der Waals surface area contributed by atoms with Crippen LogP contribution in [0.4, 0.5) is 0 Å². The minimum Gasteiger partial charge on any atom is -0.467 e. The summed E-state index contributed by atoms with van der Waals surface area (Å²) in [7, 11) is 0. The third kappa shape index (κ3) is 3.03. The molecule has 4 rings (SSSR count). The summed E-state index contributed by atoms with van der Waals surface area (Å²) in [5, 5.41) is 7.89. The average molecular weight is 354 g/mol. The van der Waals surface area contributed by atoms with Crippen molar-refractivity contribution in [2.45, 2.75) is 19.0 Å². The molecule has 25 heavy (non-hydrogen) atoms. The molecule has 0 bridgehead atoms. The Balaban J connectivity index is 1.64. The van der Waals surface area contributed by atoms with Gasteiger partial charge in [0.25, 0.3) is 5.91 Å². The standard InChI is InChI=1S/C17H14N4O3S/c22-16(11-20-7-3-6-18-17(20)23)21-13(14-4-1-8-24-14)10-12(19-21)15-5-2-9-25-15/h1-9,13H,10-11H2. The molecule has 1 aliphatic heterocycles. The predicted molar refractivity (Wildman–Crippen MR) is 92.3 cm³/mol. The van der Waals surface area contributed by atoms with Gasteiger partial charge in [0.1, 0.15) is 18.3 Å². The summed E-state index contributed by atoms with van der Waals surface area (Å²) in [6.45, 7) is -0.120. The van der Waals surface area contributed by atoms with E-state index in [1.807, 2.05) is 23.6 Å². The van der Waals surface area contributed by atoms with Crippen LogP contribution in [0, 0.1) is 0 Å². The molecule has 4 heterocycles. The Kier molecular flexibility index (Phi) is 4.02. The van der Waals surface area contributed by atoms with Crippen LogP contribution in [0.25, 0.3) is 0 Å². The van der Waals surface area contributed by atoms with Crippen LogP contribution in [0.15, 0.2) is 68.7 Å². The Labute approximate surface area is 146 Å². The fourth-order valence-electron chi connectivity index (χ4n) is 2.76. The maximum Gasteiger partial charge on any atom is 0.347 e. The van der Waals surface area contributed by atoms with Gasteiger partial charge in [-0.15, -0.1) is 11.3 Å². The van der Waals surface area contributed by atoms with Crippen LogP contribution in [0.2, 0.25) is 0 Å². The van der Waals surface area contributed by atoms with E-state index in [1.165, 1.54) is 22.0 Å². The monoisotopic (exact) mass is 354 g/mol. The van der Waals surface area contributed by atoms with Crippen molar-refractivity contribution in [3.05, 3.63) is 75.5 Å². The van der Waals surface area contributed by atoms with Gasteiger partial charge >= 0.3 is 5.69 Å². The Bertz CT molecular complexity index is 960. The van der Waals surface area contributed by atoms with Crippen molar-refractivity contribution in [3.8, 4) is 0 Å². The number of hydrazone groups is 1. The van der Waals surface area contributed by atoms with E-state index in [4.69, 9.17) is 4.42 Å². The number of nitrogens with zero attached hydrogens (tertiary/aromatic N) is 4. The molecule has 1 amide bonds. The molecular formula is C17H14N4O3S. The molecule has 0 spiro atoms. The highest BCUT2D eigenvalue weighted by Crippen LogP contribution is 2.34. The van der Waals surface area contributed by atoms with E-state index in [-0.39, 0.29) is 18.5 Å². The topological polar surface area (TPSA) is 80.7 Å². The number of carbonyl (C=O) groups excluding carboxylic acids is 1. The van der Waals surface area contributed by atoms with Crippen LogP contribution in [0.5, 0.6) is 0 Å². The van der Waals surface area contributed by atoms with E-state index in [9.17, 15) is 9.59 Å². The summed E-state index contributed by atoms with van der Waals surface area (Å²) < 4.78 is 6.76. The van der Waals surface area contributed by atoms with Crippen molar-refractivity contribution < 1.29 is 9.21 Å². The van der Waals surface area contributed by atoms with E-state index in [1.54, 1.807) is 29.7 Å². The molecule has 1 aliphatic rings. The lowest BCUT2D eigenvalue weighted by Gasteiger charge is -2.20. The number of hydrogen-bond acceptors (Lipinski definition) is 6. The van der Waals surface area contributed by atoms with Gasteiger partial charge in [-0.2, -0.15) is 5.10 Å². The van der Waals surface area contributed by atoms with E-state index >= 15 is 0 Å². The number of amides is 1. The van der Waals surface area contributed by atoms with Gasteiger partial charge in [0.2, 0.25) is 0 Å². The molecule has 3 aromatic rings. The smallest absolute Gasteiger partial charge is 0.347 e. The largest absolute Gasteiger partial charge is 0.467 e. The molecule has 0 aromatic carbocycles. The third-order valence-electron chi connectivity index (χ3n) is 3.93. The molecular weight excluding hydrogens is 340 g/mol. The van der Waals surface area contributed by atoms with E-state index < -0.39 is 5.69 Å². The van der Waals surface area contributed by atoms with Gasteiger partial charge in [0.15, 0.2) is 0 Å². The molecule has 126 valence electrons. The molecule has 0 saturated heterocycles. The van der Waals surface area contributed by atoms with Crippen molar-refractivity contribution in [1.82, 2.24) is 14.6 Å². The van der Waals surface area contributed by atoms with Gasteiger partial charge < -0.3 is 4.42 Å². The normalized spacial score (nSPS) is 16.9. The van der Waals surface area contributed by atoms with Gasteiger partial charge in [0.05, 0.1) is 16.9 Å². The molecule has 0 fully saturated rings. The molecule has 0 aliphatic carbocycles. The van der Waals surface area contributed by atoms with Gasteiger partial charge in [0, 0.05) is 18.8 Å². The van der Waals surface area contributed by atoms with E-state index in [2.05, 4.69) is 10.1 Å². The van der Waals surface area contributed by atoms with Gasteiger partial charge in [-0.05, 0) is 29.6 Å². The molecule has 0 N–H and O–H groups in total. The first-order valence-corrected chi connectivity index (χ1v) is 8.58. The van der Waals surface area contributed by atoms with Crippen LogP contribution in [-0.4, -0.2) is 26.2 Å². The first-order chi connectivity index (χ1) is 12.2. The second-order valence-corrected chi connectivity index (χ2v) is 6.48. The molecule has 0 radical (unpaired) electrons.